The van der Waals surface area contributed by atoms with E-state index in [1.54, 1.807) is 30.3 Å². The molecule has 55 heavy (non-hydrogen) atoms. The molecule has 1 aliphatic heterocycles. The van der Waals surface area contributed by atoms with Gasteiger partial charge in [-0.2, -0.15) is 0 Å². The van der Waals surface area contributed by atoms with Crippen molar-refractivity contribution in [2.45, 2.75) is 75.8 Å². The molecule has 2 heterocycles. The van der Waals surface area contributed by atoms with E-state index in [-0.39, 0.29) is 17.7 Å². The van der Waals surface area contributed by atoms with Crippen LogP contribution in [0.5, 0.6) is 0 Å². The molecule has 2 fully saturated rings. The van der Waals surface area contributed by atoms with Gasteiger partial charge >= 0.3 is 5.97 Å². The molecule has 0 radical (unpaired) electrons. The standard InChI is InChI=1S/C45H51N5O5/c1-49(2)26-25-46-42(52)34-27-32-13-7-8-14-36(32)41-40(31-11-5-4-6-12-31)37-21-18-33(28-38(37)50(41)29-34)43(53)48-45(23-9-10-24-45)44(54)47-35-19-15-30(16-20-35)17-22-39(51)55-3/h7-8,13-22,27-28,31H,4-6,9-12,23-26,29H2,1-3H3,(H,46,52)(H,47,54)(H,48,53)/b22-17+. The first-order valence-electron chi connectivity index (χ1n) is 19.5. The minimum Gasteiger partial charge on any atom is -0.466 e. The van der Waals surface area contributed by atoms with E-state index in [1.807, 2.05) is 43.3 Å². The first-order valence-corrected chi connectivity index (χ1v) is 19.5. The van der Waals surface area contributed by atoms with Crippen LogP contribution < -0.4 is 16.0 Å². The monoisotopic (exact) mass is 741 g/mol. The molecule has 286 valence electrons. The molecule has 0 bridgehead atoms. The Labute approximate surface area is 323 Å². The number of methoxy groups -OCH3 is 1. The van der Waals surface area contributed by atoms with Crippen LogP contribution in [-0.4, -0.2) is 73.0 Å². The van der Waals surface area contributed by atoms with Crippen LogP contribution in [0.4, 0.5) is 5.69 Å². The fourth-order valence-electron chi connectivity index (χ4n) is 8.50. The Bertz CT molecular complexity index is 2150. The number of nitrogens with zero attached hydrogens (tertiary/aromatic N) is 2. The third kappa shape index (κ3) is 8.15. The van der Waals surface area contributed by atoms with E-state index in [4.69, 9.17) is 0 Å². The Balaban J connectivity index is 1.22. The summed E-state index contributed by atoms with van der Waals surface area (Å²) in [4.78, 5) is 55.5. The van der Waals surface area contributed by atoms with Crippen LogP contribution in [0.2, 0.25) is 0 Å². The molecule has 0 atom stereocenters. The predicted molar refractivity (Wildman–Crippen MR) is 218 cm³/mol. The molecule has 2 saturated carbocycles. The number of esters is 1. The molecule has 0 unspecified atom stereocenters. The number of anilines is 1. The number of carbonyl (C=O) groups excluding carboxylic acids is 4. The van der Waals surface area contributed by atoms with Gasteiger partial charge in [-0.05, 0) is 98.8 Å². The van der Waals surface area contributed by atoms with Gasteiger partial charge in [0.1, 0.15) is 5.54 Å². The van der Waals surface area contributed by atoms with Gasteiger partial charge in [0.25, 0.3) is 5.91 Å². The summed E-state index contributed by atoms with van der Waals surface area (Å²) in [5, 5.41) is 10.4. The third-order valence-corrected chi connectivity index (χ3v) is 11.4. The molecule has 3 N–H and O–H groups in total. The number of carbonyl (C=O) groups is 4. The van der Waals surface area contributed by atoms with Gasteiger partial charge in [-0.15, -0.1) is 0 Å². The summed E-state index contributed by atoms with van der Waals surface area (Å²) in [6.07, 6.45) is 13.5. The summed E-state index contributed by atoms with van der Waals surface area (Å²) < 4.78 is 6.91. The lowest BCUT2D eigenvalue weighted by atomic mass is 9.81. The van der Waals surface area contributed by atoms with Gasteiger partial charge in [0.05, 0.1) is 19.3 Å². The average Bonchev–Trinajstić information content (AvgIpc) is 3.75. The predicted octanol–water partition coefficient (Wildman–Crippen LogP) is 7.30. The van der Waals surface area contributed by atoms with Gasteiger partial charge in [-0.25, -0.2) is 4.79 Å². The maximum Gasteiger partial charge on any atom is 0.330 e. The van der Waals surface area contributed by atoms with E-state index in [2.05, 4.69) is 49.5 Å². The van der Waals surface area contributed by atoms with Crippen molar-refractivity contribution in [3.63, 3.8) is 0 Å². The molecule has 7 rings (SSSR count). The molecule has 0 spiro atoms. The van der Waals surface area contributed by atoms with E-state index in [1.165, 1.54) is 38.0 Å². The van der Waals surface area contributed by atoms with Crippen LogP contribution in [0.1, 0.15) is 90.8 Å². The number of benzene rings is 3. The highest BCUT2D eigenvalue weighted by Crippen LogP contribution is 2.46. The number of rotatable bonds is 11. The van der Waals surface area contributed by atoms with Crippen molar-refractivity contribution < 1.29 is 23.9 Å². The third-order valence-electron chi connectivity index (χ3n) is 11.4. The second-order valence-corrected chi connectivity index (χ2v) is 15.4. The molecule has 1 aromatic heterocycles. The first-order chi connectivity index (χ1) is 26.7. The molecular formula is C45H51N5O5. The topological polar surface area (TPSA) is 122 Å². The average molecular weight is 742 g/mol. The van der Waals surface area contributed by atoms with Crippen LogP contribution in [-0.2, 0) is 25.7 Å². The smallest absolute Gasteiger partial charge is 0.330 e. The molecule has 2 aliphatic carbocycles. The number of hydrogen-bond donors (Lipinski definition) is 3. The van der Waals surface area contributed by atoms with Crippen LogP contribution >= 0.6 is 0 Å². The van der Waals surface area contributed by atoms with E-state index in [9.17, 15) is 19.2 Å². The van der Waals surface area contributed by atoms with Gasteiger partial charge in [0.2, 0.25) is 11.8 Å². The molecule has 3 aromatic carbocycles. The van der Waals surface area contributed by atoms with Crippen molar-refractivity contribution in [3.05, 3.63) is 101 Å². The zero-order valence-corrected chi connectivity index (χ0v) is 32.1. The minimum atomic E-state index is -1.06. The van der Waals surface area contributed by atoms with Crippen molar-refractivity contribution in [1.82, 2.24) is 20.1 Å². The summed E-state index contributed by atoms with van der Waals surface area (Å²) in [5.41, 5.74) is 6.92. The highest BCUT2D eigenvalue weighted by Gasteiger charge is 2.43. The van der Waals surface area contributed by atoms with E-state index >= 15 is 0 Å². The highest BCUT2D eigenvalue weighted by molar-refractivity contribution is 6.07. The lowest BCUT2D eigenvalue weighted by Crippen LogP contribution is -2.55. The number of hydrogen-bond acceptors (Lipinski definition) is 6. The van der Waals surface area contributed by atoms with E-state index < -0.39 is 11.5 Å². The molecule has 0 saturated heterocycles. The number of amides is 3. The van der Waals surface area contributed by atoms with Crippen molar-refractivity contribution in [1.29, 1.82) is 0 Å². The van der Waals surface area contributed by atoms with Gasteiger partial charge in [-0.1, -0.05) is 74.6 Å². The lowest BCUT2D eigenvalue weighted by molar-refractivity contribution is -0.134. The SMILES string of the molecule is COC(=O)/C=C/c1ccc(NC(=O)C2(NC(=O)c3ccc4c(C5CCCCC5)c5n(c4c3)CC(C(=O)NCCN(C)C)=Cc3ccccc3-5)CCCC2)cc1. The Kier molecular flexibility index (Phi) is 11.3. The fourth-order valence-corrected chi connectivity index (χ4v) is 8.50. The molecular weight excluding hydrogens is 691 g/mol. The van der Waals surface area contributed by atoms with Crippen molar-refractivity contribution in [3.8, 4) is 11.3 Å². The number of fused-ring (bicyclic) bond motifs is 5. The Hall–Kier alpha value is -5.48. The summed E-state index contributed by atoms with van der Waals surface area (Å²) >= 11 is 0. The number of nitrogens with one attached hydrogen (secondary N) is 3. The fraction of sp³-hybridized carbons (Fsp3) is 0.378. The Morgan fingerprint density at radius 1 is 0.909 bits per heavy atom. The maximum absolute atomic E-state index is 14.3. The number of likely N-dealkylation sites (N-methyl/N-ethyl adjacent to an activating group) is 1. The van der Waals surface area contributed by atoms with Gasteiger partial charge in [0.15, 0.2) is 0 Å². The second-order valence-electron chi connectivity index (χ2n) is 15.4. The zero-order valence-electron chi connectivity index (χ0n) is 32.1. The summed E-state index contributed by atoms with van der Waals surface area (Å²) in [7, 11) is 5.30. The quantitative estimate of drug-likeness (QED) is 0.110. The molecule has 3 amide bonds. The summed E-state index contributed by atoms with van der Waals surface area (Å²) in [5.74, 6) is -0.721. The van der Waals surface area contributed by atoms with E-state index in [0.29, 0.717) is 48.7 Å². The molecule has 4 aromatic rings. The van der Waals surface area contributed by atoms with Crippen LogP contribution in [0.25, 0.3) is 34.3 Å². The van der Waals surface area contributed by atoms with Crippen molar-refractivity contribution in [2.24, 2.45) is 0 Å². The van der Waals surface area contributed by atoms with Crippen LogP contribution in [0.15, 0.2) is 78.4 Å². The maximum atomic E-state index is 14.3. The Morgan fingerprint density at radius 3 is 2.38 bits per heavy atom. The largest absolute Gasteiger partial charge is 0.466 e. The highest BCUT2D eigenvalue weighted by atomic mass is 16.5. The zero-order chi connectivity index (χ0) is 38.5. The van der Waals surface area contributed by atoms with Gasteiger partial charge in [-0.3, -0.25) is 14.4 Å². The second kappa shape index (κ2) is 16.5. The molecule has 10 heteroatoms. The van der Waals surface area contributed by atoms with Crippen LogP contribution in [0.3, 0.4) is 0 Å². The lowest BCUT2D eigenvalue weighted by Gasteiger charge is -2.29. The van der Waals surface area contributed by atoms with Gasteiger partial charge < -0.3 is 30.2 Å². The summed E-state index contributed by atoms with van der Waals surface area (Å²) in [6, 6.07) is 21.4. The first kappa shape index (κ1) is 37.8. The minimum absolute atomic E-state index is 0.0963. The number of ether oxygens (including phenoxy) is 1. The van der Waals surface area contributed by atoms with Crippen molar-refractivity contribution >= 4 is 52.4 Å². The normalized spacial score (nSPS) is 16.6. The van der Waals surface area contributed by atoms with Crippen molar-refractivity contribution in [2.75, 3.05) is 39.6 Å². The Morgan fingerprint density at radius 2 is 1.65 bits per heavy atom. The summed E-state index contributed by atoms with van der Waals surface area (Å²) in [6.45, 7) is 1.64. The van der Waals surface area contributed by atoms with Gasteiger partial charge in [0, 0.05) is 52.5 Å². The number of aromatic nitrogens is 1. The van der Waals surface area contributed by atoms with E-state index in [0.717, 1.165) is 65.5 Å². The molecule has 3 aliphatic rings. The van der Waals surface area contributed by atoms with Crippen LogP contribution in [0, 0.1) is 0 Å². The molecule has 10 nitrogen and oxygen atoms in total.